The Morgan fingerprint density at radius 1 is 1.27 bits per heavy atom. The van der Waals surface area contributed by atoms with Crippen LogP contribution in [0.3, 0.4) is 0 Å². The third kappa shape index (κ3) is 4.78. The highest BCUT2D eigenvalue weighted by Crippen LogP contribution is 2.34. The van der Waals surface area contributed by atoms with Gasteiger partial charge in [-0.3, -0.25) is 0 Å². The Hall–Kier alpha value is -1.56. The topological polar surface area (TPSA) is 57.7 Å². The van der Waals surface area contributed by atoms with E-state index in [9.17, 15) is 5.11 Å². The number of methoxy groups -OCH3 is 1. The van der Waals surface area contributed by atoms with E-state index in [1.165, 1.54) is 10.9 Å². The third-order valence-electron chi connectivity index (χ3n) is 5.13. The van der Waals surface area contributed by atoms with Crippen molar-refractivity contribution in [3.8, 4) is 5.75 Å². The van der Waals surface area contributed by atoms with Gasteiger partial charge in [0.2, 0.25) is 0 Å². The van der Waals surface area contributed by atoms with Crippen LogP contribution in [0, 0.1) is 0 Å². The van der Waals surface area contributed by atoms with E-state index in [2.05, 4.69) is 28.2 Å². The van der Waals surface area contributed by atoms with Gasteiger partial charge in [-0.25, -0.2) is 0 Å². The number of fused-ring (bicyclic) bond motifs is 1. The van der Waals surface area contributed by atoms with E-state index in [1.807, 2.05) is 26.8 Å². The fourth-order valence-electron chi connectivity index (χ4n) is 3.71. The minimum Gasteiger partial charge on any atom is -0.497 e. The second-order valence-corrected chi connectivity index (χ2v) is 8.31. The van der Waals surface area contributed by atoms with E-state index >= 15 is 0 Å². The summed E-state index contributed by atoms with van der Waals surface area (Å²) in [5.74, 6) is 1.45. The Bertz CT molecular complexity index is 712. The lowest BCUT2D eigenvalue weighted by atomic mass is 9.89. The minimum absolute atomic E-state index is 0.204. The van der Waals surface area contributed by atoms with Crippen molar-refractivity contribution in [3.05, 3.63) is 30.0 Å². The zero-order chi connectivity index (χ0) is 18.7. The van der Waals surface area contributed by atoms with Gasteiger partial charge in [-0.15, -0.1) is 0 Å². The predicted octanol–water partition coefficient (Wildman–Crippen LogP) is 3.53. The average Bonchev–Trinajstić information content (AvgIpc) is 3.03. The molecule has 144 valence electrons. The third-order valence-corrected chi connectivity index (χ3v) is 5.13. The van der Waals surface area contributed by atoms with Crippen molar-refractivity contribution < 1.29 is 14.6 Å². The lowest BCUT2D eigenvalue weighted by Crippen LogP contribution is -2.40. The summed E-state index contributed by atoms with van der Waals surface area (Å²) in [6.45, 7) is 9.14. The van der Waals surface area contributed by atoms with E-state index in [0.29, 0.717) is 19.1 Å². The van der Waals surface area contributed by atoms with Gasteiger partial charge in [0.25, 0.3) is 0 Å². The molecule has 5 heteroatoms. The van der Waals surface area contributed by atoms with Crippen LogP contribution in [-0.4, -0.2) is 60.0 Å². The molecule has 26 heavy (non-hydrogen) atoms. The van der Waals surface area contributed by atoms with E-state index in [4.69, 9.17) is 9.47 Å². The normalized spacial score (nSPS) is 18.3. The summed E-state index contributed by atoms with van der Waals surface area (Å²) in [5, 5.41) is 11.5. The fourth-order valence-corrected chi connectivity index (χ4v) is 3.71. The number of aromatic amines is 1. The van der Waals surface area contributed by atoms with Crippen LogP contribution in [0.15, 0.2) is 24.4 Å². The van der Waals surface area contributed by atoms with Gasteiger partial charge in [-0.1, -0.05) is 0 Å². The Morgan fingerprint density at radius 3 is 2.65 bits per heavy atom. The molecule has 2 aromatic rings. The summed E-state index contributed by atoms with van der Waals surface area (Å²) in [6, 6.07) is 6.20. The molecule has 0 bridgehead atoms. The monoisotopic (exact) mass is 360 g/mol. The fraction of sp³-hybridized carbons (Fsp3) is 0.619. The molecule has 1 aliphatic rings. The van der Waals surface area contributed by atoms with Crippen LogP contribution < -0.4 is 4.74 Å². The van der Waals surface area contributed by atoms with Crippen LogP contribution in [0.4, 0.5) is 0 Å². The highest BCUT2D eigenvalue weighted by Gasteiger charge is 2.24. The van der Waals surface area contributed by atoms with Crippen molar-refractivity contribution in [3.63, 3.8) is 0 Å². The van der Waals surface area contributed by atoms with Gasteiger partial charge in [0.05, 0.1) is 25.4 Å². The number of nitrogens with one attached hydrogen (secondary N) is 1. The SMILES string of the molecule is COc1ccc2[nH]cc(C3CCN(C[C@H](O)COC(C)(C)C)CC3)c2c1. The maximum atomic E-state index is 10.2. The molecule has 3 rings (SSSR count). The molecule has 0 radical (unpaired) electrons. The molecule has 5 nitrogen and oxygen atoms in total. The molecule has 1 aromatic heterocycles. The Kier molecular flexibility index (Phi) is 5.90. The van der Waals surface area contributed by atoms with Crippen LogP contribution in [0.2, 0.25) is 0 Å². The number of β-amino-alcohol motifs (C(OH)–C–C–N with tert-alkyl or cyclic N) is 1. The van der Waals surface area contributed by atoms with Crippen LogP contribution in [0.25, 0.3) is 10.9 Å². The van der Waals surface area contributed by atoms with E-state index < -0.39 is 6.10 Å². The van der Waals surface area contributed by atoms with Gasteiger partial charge in [0.1, 0.15) is 5.75 Å². The maximum Gasteiger partial charge on any atom is 0.119 e. The number of likely N-dealkylation sites (tertiary alicyclic amines) is 1. The first-order chi connectivity index (χ1) is 12.4. The lowest BCUT2D eigenvalue weighted by molar-refractivity contribution is -0.0573. The number of benzene rings is 1. The largest absolute Gasteiger partial charge is 0.497 e. The number of nitrogens with zero attached hydrogens (tertiary/aromatic N) is 1. The number of aromatic nitrogens is 1. The van der Waals surface area contributed by atoms with Gasteiger partial charge < -0.3 is 24.5 Å². The summed E-state index contributed by atoms with van der Waals surface area (Å²) < 4.78 is 11.1. The number of H-pyrrole nitrogens is 1. The van der Waals surface area contributed by atoms with Gasteiger partial charge in [0, 0.05) is 23.6 Å². The zero-order valence-electron chi connectivity index (χ0n) is 16.4. The number of hydrogen-bond donors (Lipinski definition) is 2. The summed E-state index contributed by atoms with van der Waals surface area (Å²) in [5.41, 5.74) is 2.35. The van der Waals surface area contributed by atoms with Crippen LogP contribution in [0.1, 0.15) is 45.1 Å². The van der Waals surface area contributed by atoms with E-state index in [1.54, 1.807) is 7.11 Å². The quantitative estimate of drug-likeness (QED) is 0.827. The summed E-state index contributed by atoms with van der Waals surface area (Å²) in [7, 11) is 1.71. The van der Waals surface area contributed by atoms with Crippen molar-refractivity contribution in [2.75, 3.05) is 33.4 Å². The predicted molar refractivity (Wildman–Crippen MR) is 105 cm³/mol. The highest BCUT2D eigenvalue weighted by molar-refractivity contribution is 5.85. The molecule has 0 unspecified atom stereocenters. The minimum atomic E-state index is -0.428. The smallest absolute Gasteiger partial charge is 0.119 e. The van der Waals surface area contributed by atoms with Gasteiger partial charge >= 0.3 is 0 Å². The molecule has 1 atom stereocenters. The number of ether oxygens (including phenoxy) is 2. The van der Waals surface area contributed by atoms with Crippen molar-refractivity contribution in [1.29, 1.82) is 0 Å². The summed E-state index contributed by atoms with van der Waals surface area (Å²) in [4.78, 5) is 5.74. The zero-order valence-corrected chi connectivity index (χ0v) is 16.4. The average molecular weight is 360 g/mol. The Labute approximate surface area is 156 Å². The summed E-state index contributed by atoms with van der Waals surface area (Å²) in [6.07, 6.45) is 3.94. The van der Waals surface area contributed by atoms with E-state index in [-0.39, 0.29) is 5.60 Å². The molecule has 1 aliphatic heterocycles. The van der Waals surface area contributed by atoms with Gasteiger partial charge in [0.15, 0.2) is 0 Å². The molecule has 0 saturated carbocycles. The Morgan fingerprint density at radius 2 is 2.00 bits per heavy atom. The van der Waals surface area contributed by atoms with Gasteiger partial charge in [-0.05, 0) is 76.4 Å². The van der Waals surface area contributed by atoms with Crippen molar-refractivity contribution in [1.82, 2.24) is 9.88 Å². The standard InChI is InChI=1S/C21H32N2O3/c1-21(2,3)26-14-16(24)13-23-9-7-15(8-10-23)19-12-22-20-6-5-17(25-4)11-18(19)20/h5-6,11-12,15-16,22,24H,7-10,13-14H2,1-4H3/t16-/m0/s1. The van der Waals surface area contributed by atoms with Crippen LogP contribution in [0.5, 0.6) is 5.75 Å². The first-order valence-electron chi connectivity index (χ1n) is 9.55. The molecule has 1 saturated heterocycles. The molecule has 1 fully saturated rings. The molecule has 2 heterocycles. The number of piperidine rings is 1. The molecule has 2 N–H and O–H groups in total. The molecule has 1 aromatic carbocycles. The molecule has 0 amide bonds. The summed E-state index contributed by atoms with van der Waals surface area (Å²) >= 11 is 0. The van der Waals surface area contributed by atoms with E-state index in [0.717, 1.165) is 37.2 Å². The lowest BCUT2D eigenvalue weighted by Gasteiger charge is -2.33. The highest BCUT2D eigenvalue weighted by atomic mass is 16.5. The maximum absolute atomic E-state index is 10.2. The number of hydrogen-bond acceptors (Lipinski definition) is 4. The number of rotatable bonds is 6. The Balaban J connectivity index is 1.55. The second-order valence-electron chi connectivity index (χ2n) is 8.31. The molecular formula is C21H32N2O3. The second kappa shape index (κ2) is 7.99. The van der Waals surface area contributed by atoms with Crippen LogP contribution >= 0.6 is 0 Å². The van der Waals surface area contributed by atoms with Crippen LogP contribution in [-0.2, 0) is 4.74 Å². The number of aliphatic hydroxyl groups is 1. The first-order valence-corrected chi connectivity index (χ1v) is 9.55. The molecule has 0 aliphatic carbocycles. The van der Waals surface area contributed by atoms with Crippen molar-refractivity contribution in [2.45, 2.75) is 51.2 Å². The molecule has 0 spiro atoms. The molecular weight excluding hydrogens is 328 g/mol. The first kappa shape index (κ1) is 19.2. The number of aliphatic hydroxyl groups excluding tert-OH is 1. The van der Waals surface area contributed by atoms with Crippen molar-refractivity contribution >= 4 is 10.9 Å². The van der Waals surface area contributed by atoms with Gasteiger partial charge in [-0.2, -0.15) is 0 Å². The van der Waals surface area contributed by atoms with Crippen molar-refractivity contribution in [2.24, 2.45) is 0 Å².